The van der Waals surface area contributed by atoms with Gasteiger partial charge in [0.05, 0.1) is 39.0 Å². The molecule has 48 valence electrons. The maximum Gasteiger partial charge on any atom is 0.255 e. The van der Waals surface area contributed by atoms with E-state index in [4.69, 9.17) is 8.23 Å². The van der Waals surface area contributed by atoms with Gasteiger partial charge in [0.1, 0.15) is 0 Å². The average Bonchev–Trinajstić information content (AvgIpc) is 1.20. The van der Waals surface area contributed by atoms with Crippen LogP contribution in [-0.2, 0) is 8.23 Å². The van der Waals surface area contributed by atoms with E-state index in [1.165, 1.54) is 39.0 Å². The second-order valence-electron chi connectivity index (χ2n) is 3.00. The highest BCUT2D eigenvalue weighted by Crippen LogP contribution is 2.18. The van der Waals surface area contributed by atoms with Gasteiger partial charge in [-0.3, -0.25) is 0 Å². The molecule has 0 spiro atoms. The van der Waals surface area contributed by atoms with Gasteiger partial charge in [-0.1, -0.05) is 0 Å². The molecule has 1 rings (SSSR count). The van der Waals surface area contributed by atoms with Gasteiger partial charge in [0.25, 0.3) is 15.2 Å². The summed E-state index contributed by atoms with van der Waals surface area (Å²) in [6, 6.07) is 0. The largest absolute Gasteiger partial charge is 0.427 e. The second-order valence-corrected chi connectivity index (χ2v) is 44.0. The summed E-state index contributed by atoms with van der Waals surface area (Å²) in [6.07, 6.45) is 0. The van der Waals surface area contributed by atoms with Gasteiger partial charge in [-0.25, -0.2) is 0 Å². The fraction of sp³-hybridized carbons (Fsp3) is 0. The Kier molecular flexibility index (Phi) is 1.70. The fourth-order valence-corrected chi connectivity index (χ4v) is 75.5. The summed E-state index contributed by atoms with van der Waals surface area (Å²) >= 11 is 0. The molecule has 0 atom stereocenters. The van der Waals surface area contributed by atoms with Gasteiger partial charge in [-0.05, 0) is 0 Å². The zero-order valence-corrected chi connectivity index (χ0v) is 15.8. The van der Waals surface area contributed by atoms with Crippen LogP contribution in [0, 0.1) is 0 Å². The van der Waals surface area contributed by atoms with E-state index in [-0.39, 0.29) is 0 Å². The van der Waals surface area contributed by atoms with Crippen molar-refractivity contribution in [2.24, 2.45) is 0 Å². The molecule has 8 heavy (non-hydrogen) atoms. The molecule has 0 bridgehead atoms. The molecule has 0 unspecified atom stereocenters. The monoisotopic (exact) mass is 212 g/mol. The molecule has 0 amide bonds. The molecule has 0 N–H and O–H groups in total. The van der Waals surface area contributed by atoms with E-state index >= 15 is 0 Å². The van der Waals surface area contributed by atoms with Gasteiger partial charge >= 0.3 is 0 Å². The van der Waals surface area contributed by atoms with E-state index in [1.54, 1.807) is 0 Å². The van der Waals surface area contributed by atoms with Crippen molar-refractivity contribution >= 4 is 54.2 Å². The van der Waals surface area contributed by atoms with Crippen LogP contribution >= 0.6 is 0 Å². The summed E-state index contributed by atoms with van der Waals surface area (Å²) in [5, 5.41) is 0. The third-order valence-corrected chi connectivity index (χ3v) is 23.5. The van der Waals surface area contributed by atoms with Crippen LogP contribution in [0.2, 0.25) is 0 Å². The summed E-state index contributed by atoms with van der Waals surface area (Å²) in [5.41, 5.74) is 0. The Balaban J connectivity index is 2.42. The predicted octanol–water partition coefficient (Wildman–Crippen LogP) is -5.63. The zero-order chi connectivity index (χ0) is 6.41. The maximum absolute atomic E-state index is 5.82. The smallest absolute Gasteiger partial charge is 0.255 e. The first-order valence-electron chi connectivity index (χ1n) is 2.82. The lowest BCUT2D eigenvalue weighted by Gasteiger charge is -2.48. The Morgan fingerprint density at radius 3 is 1.00 bits per heavy atom. The third kappa shape index (κ3) is 1.60. The Labute approximate surface area is 62.7 Å². The topological polar surface area (TPSA) is 18.5 Å². The Morgan fingerprint density at radius 1 is 0.750 bits per heavy atom. The standard InChI is InChI=1S/H12O2Si6/c3-7(4)1-8(5,6)2-7/h3-6H3. The molecule has 1 aliphatic heterocycles. The molecule has 0 saturated carbocycles. The summed E-state index contributed by atoms with van der Waals surface area (Å²) < 4.78 is 11.6. The van der Waals surface area contributed by atoms with Crippen molar-refractivity contribution < 1.29 is 8.23 Å². The normalized spacial score (nSPS) is 57.0. The number of rotatable bonds is 0. The van der Waals surface area contributed by atoms with Gasteiger partial charge in [0, 0.05) is 0 Å². The van der Waals surface area contributed by atoms with Gasteiger partial charge in [-0.15, -0.1) is 0 Å². The highest BCUT2D eigenvalue weighted by atomic mass is 29.7. The fourth-order valence-electron chi connectivity index (χ4n) is 1.19. The molecule has 1 fully saturated rings. The van der Waals surface area contributed by atoms with Crippen LogP contribution in [0.1, 0.15) is 0 Å². The van der Waals surface area contributed by atoms with Crippen molar-refractivity contribution in [2.45, 2.75) is 0 Å². The van der Waals surface area contributed by atoms with Gasteiger partial charge in [0.2, 0.25) is 0 Å². The molecule has 8 heteroatoms. The summed E-state index contributed by atoms with van der Waals surface area (Å²) in [6.45, 7) is 0. The average molecular weight is 213 g/mol. The highest BCUT2D eigenvalue weighted by Gasteiger charge is 2.47. The summed E-state index contributed by atoms with van der Waals surface area (Å²) in [5.74, 6) is 0. The molecular formula is H12O2Si6. The Hall–Kier alpha value is 1.22. The van der Waals surface area contributed by atoms with Crippen molar-refractivity contribution in [2.75, 3.05) is 0 Å². The quantitative estimate of drug-likeness (QED) is 0.373. The van der Waals surface area contributed by atoms with E-state index in [0.29, 0.717) is 0 Å². The molecular weight excluding hydrogens is 201 g/mol. The van der Waals surface area contributed by atoms with Crippen molar-refractivity contribution in [3.05, 3.63) is 0 Å². The van der Waals surface area contributed by atoms with Crippen LogP contribution in [-0.4, -0.2) is 54.2 Å². The highest BCUT2D eigenvalue weighted by molar-refractivity contribution is 7.52. The Morgan fingerprint density at radius 2 is 1.00 bits per heavy atom. The summed E-state index contributed by atoms with van der Waals surface area (Å²) in [7, 11) is 2.53. The molecule has 0 aromatic rings. The summed E-state index contributed by atoms with van der Waals surface area (Å²) in [4.78, 5) is 0. The molecule has 0 aliphatic carbocycles. The lowest BCUT2D eigenvalue weighted by Crippen LogP contribution is -2.73. The first-order chi connectivity index (χ1) is 3.41. The number of hydrogen-bond acceptors (Lipinski definition) is 2. The second kappa shape index (κ2) is 1.85. The van der Waals surface area contributed by atoms with Crippen molar-refractivity contribution in [3.8, 4) is 0 Å². The number of hydrogen-bond donors (Lipinski definition) is 0. The Bertz CT molecular complexity index is 83.1. The van der Waals surface area contributed by atoms with E-state index in [9.17, 15) is 0 Å². The van der Waals surface area contributed by atoms with Crippen molar-refractivity contribution in [1.82, 2.24) is 0 Å². The minimum absolute atomic E-state index is 1.18. The molecule has 2 nitrogen and oxygen atoms in total. The SMILES string of the molecule is [SiH3][Si]1([SiH3])O[Si]([SiH3])([SiH3])O1. The molecule has 1 saturated heterocycles. The molecule has 0 aromatic heterocycles. The first-order valence-corrected chi connectivity index (χ1v) is 20.4. The predicted molar refractivity (Wildman–Crippen MR) is 53.4 cm³/mol. The minimum Gasteiger partial charge on any atom is -0.427 e. The third-order valence-electron chi connectivity index (χ3n) is 0.983. The lowest BCUT2D eigenvalue weighted by atomic mass is 15.7. The van der Waals surface area contributed by atoms with Crippen LogP contribution in [0.4, 0.5) is 0 Å². The van der Waals surface area contributed by atoms with Crippen molar-refractivity contribution in [1.29, 1.82) is 0 Å². The van der Waals surface area contributed by atoms with Crippen LogP contribution in [0.3, 0.4) is 0 Å². The van der Waals surface area contributed by atoms with Crippen LogP contribution < -0.4 is 0 Å². The van der Waals surface area contributed by atoms with E-state index < -0.39 is 15.2 Å². The van der Waals surface area contributed by atoms with Crippen LogP contribution in [0.5, 0.6) is 0 Å². The van der Waals surface area contributed by atoms with E-state index in [2.05, 4.69) is 0 Å². The van der Waals surface area contributed by atoms with Gasteiger partial charge < -0.3 is 8.23 Å². The minimum atomic E-state index is -1.18. The van der Waals surface area contributed by atoms with Crippen LogP contribution in [0.15, 0.2) is 0 Å². The molecule has 1 aliphatic rings. The van der Waals surface area contributed by atoms with Crippen molar-refractivity contribution in [3.63, 3.8) is 0 Å². The first kappa shape index (κ1) is 7.33. The molecule has 0 aromatic carbocycles. The lowest BCUT2D eigenvalue weighted by molar-refractivity contribution is 0.300. The van der Waals surface area contributed by atoms with E-state index in [0.717, 1.165) is 0 Å². The molecule has 1 heterocycles. The maximum atomic E-state index is 5.82. The van der Waals surface area contributed by atoms with Crippen LogP contribution in [0.25, 0.3) is 0 Å². The van der Waals surface area contributed by atoms with Gasteiger partial charge in [-0.2, -0.15) is 0 Å². The zero-order valence-electron chi connectivity index (χ0n) is 5.82. The van der Waals surface area contributed by atoms with Gasteiger partial charge in [0.15, 0.2) is 0 Å². The molecule has 0 radical (unpaired) electrons. The van der Waals surface area contributed by atoms with E-state index in [1.807, 2.05) is 0 Å².